The van der Waals surface area contributed by atoms with Crippen LogP contribution in [-0.2, 0) is 13.5 Å². The Morgan fingerprint density at radius 2 is 2.12 bits per heavy atom. The van der Waals surface area contributed by atoms with E-state index < -0.39 is 0 Å². The highest BCUT2D eigenvalue weighted by atomic mass is 35.5. The van der Waals surface area contributed by atoms with Gasteiger partial charge in [-0.3, -0.25) is 4.68 Å². The normalized spacial score (nSPS) is 11.5. The van der Waals surface area contributed by atoms with Crippen LogP contribution in [-0.4, -0.2) is 36.3 Å². The third-order valence-corrected chi connectivity index (χ3v) is 4.22. The molecule has 4 aromatic heterocycles. The Morgan fingerprint density at radius 1 is 1.25 bits per heavy atom. The number of rotatable bonds is 4. The Balaban J connectivity index is 1.56. The van der Waals surface area contributed by atoms with Crippen molar-refractivity contribution in [1.82, 2.24) is 29.7 Å². The minimum absolute atomic E-state index is 0.500. The fraction of sp³-hybridized carbons (Fsp3) is 0.250. The van der Waals surface area contributed by atoms with Crippen LogP contribution >= 0.6 is 11.6 Å². The number of nitrogens with one attached hydrogen (secondary N) is 2. The number of hydrogen-bond acceptors (Lipinski definition) is 5. The molecular formula is C16H16ClN7. The van der Waals surface area contributed by atoms with Crippen LogP contribution in [0, 0.1) is 6.92 Å². The predicted octanol–water partition coefficient (Wildman–Crippen LogP) is 2.86. The fourth-order valence-electron chi connectivity index (χ4n) is 2.84. The van der Waals surface area contributed by atoms with Crippen LogP contribution in [0.4, 0.5) is 5.82 Å². The first-order valence-electron chi connectivity index (χ1n) is 7.63. The van der Waals surface area contributed by atoms with E-state index in [9.17, 15) is 0 Å². The number of aromatic amines is 1. The van der Waals surface area contributed by atoms with Crippen LogP contribution in [0.2, 0.25) is 5.15 Å². The number of nitrogens with zero attached hydrogens (tertiary/aromatic N) is 5. The minimum atomic E-state index is 0.500. The molecule has 0 aliphatic heterocycles. The van der Waals surface area contributed by atoms with E-state index in [1.54, 1.807) is 17.1 Å². The highest BCUT2D eigenvalue weighted by molar-refractivity contribution is 6.30. The minimum Gasteiger partial charge on any atom is -0.369 e. The monoisotopic (exact) mass is 341 g/mol. The van der Waals surface area contributed by atoms with E-state index in [4.69, 9.17) is 11.6 Å². The summed E-state index contributed by atoms with van der Waals surface area (Å²) in [6.45, 7) is 2.62. The van der Waals surface area contributed by atoms with Crippen molar-refractivity contribution in [3.05, 3.63) is 41.2 Å². The van der Waals surface area contributed by atoms with Gasteiger partial charge >= 0.3 is 0 Å². The van der Waals surface area contributed by atoms with Crippen LogP contribution < -0.4 is 5.32 Å². The maximum Gasteiger partial charge on any atom is 0.163 e. The maximum atomic E-state index is 6.00. The van der Waals surface area contributed by atoms with Gasteiger partial charge in [-0.05, 0) is 25.0 Å². The average molecular weight is 342 g/mol. The first-order chi connectivity index (χ1) is 11.6. The van der Waals surface area contributed by atoms with E-state index in [2.05, 4.69) is 30.4 Å². The van der Waals surface area contributed by atoms with Gasteiger partial charge in [0.25, 0.3) is 0 Å². The van der Waals surface area contributed by atoms with Gasteiger partial charge in [-0.15, -0.1) is 0 Å². The van der Waals surface area contributed by atoms with Gasteiger partial charge in [0.1, 0.15) is 16.8 Å². The quantitative estimate of drug-likeness (QED) is 0.557. The van der Waals surface area contributed by atoms with Crippen LogP contribution in [0.25, 0.3) is 21.9 Å². The van der Waals surface area contributed by atoms with Crippen molar-refractivity contribution in [1.29, 1.82) is 0 Å². The number of anilines is 1. The highest BCUT2D eigenvalue weighted by Gasteiger charge is 2.10. The van der Waals surface area contributed by atoms with Gasteiger partial charge in [0, 0.05) is 25.2 Å². The molecule has 0 atom stereocenters. The van der Waals surface area contributed by atoms with Gasteiger partial charge in [-0.2, -0.15) is 5.10 Å². The molecule has 0 aliphatic carbocycles. The van der Waals surface area contributed by atoms with Gasteiger partial charge in [-0.25, -0.2) is 15.0 Å². The van der Waals surface area contributed by atoms with Crippen molar-refractivity contribution in [2.45, 2.75) is 13.3 Å². The van der Waals surface area contributed by atoms with Crippen molar-refractivity contribution in [3.63, 3.8) is 0 Å². The van der Waals surface area contributed by atoms with E-state index in [1.807, 2.05) is 26.2 Å². The summed E-state index contributed by atoms with van der Waals surface area (Å²) in [4.78, 5) is 16.2. The van der Waals surface area contributed by atoms with E-state index in [1.165, 1.54) is 5.56 Å². The molecule has 0 saturated carbocycles. The Kier molecular flexibility index (Phi) is 3.57. The molecule has 0 fully saturated rings. The molecule has 0 aliphatic rings. The molecule has 0 radical (unpaired) electrons. The van der Waals surface area contributed by atoms with Crippen molar-refractivity contribution >= 4 is 39.4 Å². The molecule has 7 nitrogen and oxygen atoms in total. The Labute approximate surface area is 143 Å². The second kappa shape index (κ2) is 5.76. The Hall–Kier alpha value is -2.67. The molecular weight excluding hydrogens is 326 g/mol. The number of halogens is 1. The van der Waals surface area contributed by atoms with Crippen molar-refractivity contribution < 1.29 is 0 Å². The standard InChI is InChI=1S/C16H16ClN7/c1-9-22-15(12-7-21-24(2)16(12)23-9)18-4-3-10-6-19-13-8-20-14(17)5-11(10)13/h5-8,19H,3-4H2,1-2H3,(H,18,22,23). The summed E-state index contributed by atoms with van der Waals surface area (Å²) >= 11 is 6.00. The average Bonchev–Trinajstić information content (AvgIpc) is 3.12. The van der Waals surface area contributed by atoms with Crippen LogP contribution in [0.3, 0.4) is 0 Å². The number of aryl methyl sites for hydroxylation is 2. The second-order valence-corrected chi connectivity index (χ2v) is 6.06. The van der Waals surface area contributed by atoms with Gasteiger partial charge < -0.3 is 10.3 Å². The summed E-state index contributed by atoms with van der Waals surface area (Å²) in [6.07, 6.45) is 6.37. The summed E-state index contributed by atoms with van der Waals surface area (Å²) in [5.41, 5.74) is 3.01. The third kappa shape index (κ3) is 2.56. The lowest BCUT2D eigenvalue weighted by molar-refractivity contribution is 0.783. The molecule has 0 spiro atoms. The SMILES string of the molecule is Cc1nc(NCCc2c[nH]c3cnc(Cl)cc23)c2cnn(C)c2n1. The number of H-pyrrole nitrogens is 1. The molecule has 8 heteroatoms. The molecule has 0 bridgehead atoms. The van der Waals surface area contributed by atoms with Gasteiger partial charge in [0.15, 0.2) is 5.65 Å². The fourth-order valence-corrected chi connectivity index (χ4v) is 3.00. The lowest BCUT2D eigenvalue weighted by Crippen LogP contribution is -2.08. The smallest absolute Gasteiger partial charge is 0.163 e. The molecule has 0 unspecified atom stereocenters. The van der Waals surface area contributed by atoms with Crippen molar-refractivity contribution in [2.75, 3.05) is 11.9 Å². The van der Waals surface area contributed by atoms with Crippen LogP contribution in [0.5, 0.6) is 0 Å². The molecule has 4 aromatic rings. The zero-order chi connectivity index (χ0) is 16.7. The van der Waals surface area contributed by atoms with E-state index in [0.717, 1.165) is 46.5 Å². The number of hydrogen-bond donors (Lipinski definition) is 2. The molecule has 122 valence electrons. The second-order valence-electron chi connectivity index (χ2n) is 5.67. The number of aromatic nitrogens is 6. The van der Waals surface area contributed by atoms with E-state index in [-0.39, 0.29) is 0 Å². The summed E-state index contributed by atoms with van der Waals surface area (Å²) < 4.78 is 1.75. The van der Waals surface area contributed by atoms with Gasteiger partial charge in [-0.1, -0.05) is 11.6 Å². The lowest BCUT2D eigenvalue weighted by Gasteiger charge is -2.07. The molecule has 0 saturated heterocycles. The Bertz CT molecular complexity index is 1030. The molecule has 0 aromatic carbocycles. The third-order valence-electron chi connectivity index (χ3n) is 4.01. The summed E-state index contributed by atoms with van der Waals surface area (Å²) in [5, 5.41) is 10.2. The summed E-state index contributed by atoms with van der Waals surface area (Å²) in [5.74, 6) is 1.53. The lowest BCUT2D eigenvalue weighted by atomic mass is 10.1. The molecule has 4 heterocycles. The van der Waals surface area contributed by atoms with Crippen LogP contribution in [0.15, 0.2) is 24.7 Å². The van der Waals surface area contributed by atoms with Crippen molar-refractivity contribution in [2.24, 2.45) is 7.05 Å². The zero-order valence-corrected chi connectivity index (χ0v) is 14.1. The summed E-state index contributed by atoms with van der Waals surface area (Å²) in [6, 6.07) is 1.89. The van der Waals surface area contributed by atoms with Gasteiger partial charge in [0.2, 0.25) is 0 Å². The van der Waals surface area contributed by atoms with Crippen molar-refractivity contribution in [3.8, 4) is 0 Å². The number of pyridine rings is 1. The van der Waals surface area contributed by atoms with Crippen LogP contribution in [0.1, 0.15) is 11.4 Å². The Morgan fingerprint density at radius 3 is 3.00 bits per heavy atom. The predicted molar refractivity (Wildman–Crippen MR) is 94.3 cm³/mol. The first-order valence-corrected chi connectivity index (χ1v) is 8.01. The molecule has 2 N–H and O–H groups in total. The topological polar surface area (TPSA) is 84.3 Å². The van der Waals surface area contributed by atoms with Gasteiger partial charge in [0.05, 0.1) is 23.3 Å². The maximum absolute atomic E-state index is 6.00. The zero-order valence-electron chi connectivity index (χ0n) is 13.3. The van der Waals surface area contributed by atoms with E-state index in [0.29, 0.717) is 5.15 Å². The molecule has 4 rings (SSSR count). The molecule has 24 heavy (non-hydrogen) atoms. The highest BCUT2D eigenvalue weighted by Crippen LogP contribution is 2.22. The molecule has 0 amide bonds. The largest absolute Gasteiger partial charge is 0.369 e. The number of fused-ring (bicyclic) bond motifs is 2. The summed E-state index contributed by atoms with van der Waals surface area (Å²) in [7, 11) is 1.88. The first kappa shape index (κ1) is 14.9. The van der Waals surface area contributed by atoms with E-state index >= 15 is 0 Å².